The van der Waals surface area contributed by atoms with Crippen molar-refractivity contribution >= 4 is 18.5 Å². The summed E-state index contributed by atoms with van der Waals surface area (Å²) in [6.45, 7) is -1.63. The fourth-order valence-electron chi connectivity index (χ4n) is 29.0. The molecule has 4 aliphatic carbocycles. The second-order valence-electron chi connectivity index (χ2n) is 21.0. The fourth-order valence-corrected chi connectivity index (χ4v) is 115. The van der Waals surface area contributed by atoms with E-state index in [0.717, 1.165) is 48.7 Å². The molecule has 4 bridgehead atoms. The third kappa shape index (κ3) is 0.540. The van der Waals surface area contributed by atoms with Crippen molar-refractivity contribution in [1.82, 2.24) is 10.6 Å². The van der Waals surface area contributed by atoms with Gasteiger partial charge in [0.2, 0.25) is 0 Å². The predicted molar refractivity (Wildman–Crippen MR) is 168 cm³/mol. The van der Waals surface area contributed by atoms with Crippen molar-refractivity contribution in [2.24, 2.45) is 29.1 Å². The molecule has 220 valence electrons. The van der Waals surface area contributed by atoms with Crippen molar-refractivity contribution < 1.29 is 6.51 Å². The van der Waals surface area contributed by atoms with Crippen molar-refractivity contribution in [3.8, 4) is 0 Å². The van der Waals surface area contributed by atoms with Crippen molar-refractivity contribution in [3.63, 3.8) is 0 Å². The first-order valence-electron chi connectivity index (χ1n) is 18.1. The van der Waals surface area contributed by atoms with E-state index in [9.17, 15) is 0 Å². The van der Waals surface area contributed by atoms with E-state index in [0.29, 0.717) is 10.6 Å². The predicted octanol–water partition coefficient (Wildman–Crippen LogP) is 7.66. The molecule has 9 atom stereocenters. The molecule has 0 radical (unpaired) electrons. The molecular formula is C36H48FeN2P2. The van der Waals surface area contributed by atoms with Crippen LogP contribution in [0.2, 0.25) is 42.3 Å². The zero-order valence-electron chi connectivity index (χ0n) is 24.4. The molecule has 0 amide bonds. The Morgan fingerprint density at radius 3 is 1.80 bits per heavy atom. The van der Waals surface area contributed by atoms with Crippen LogP contribution in [0.5, 0.6) is 0 Å². The molecular weight excluding hydrogens is 578 g/mol. The summed E-state index contributed by atoms with van der Waals surface area (Å²) >= 11 is 0. The molecule has 5 heteroatoms. The molecule has 16 fully saturated rings. The van der Waals surface area contributed by atoms with E-state index in [2.05, 4.69) is 59.4 Å². The van der Waals surface area contributed by atoms with E-state index < -0.39 is 6.51 Å². The molecule has 12 aliphatic heterocycles. The number of benzene rings is 1. The molecule has 2 N–H and O–H groups in total. The topological polar surface area (TPSA) is 24.1 Å². The Morgan fingerprint density at radius 1 is 0.780 bits per heavy atom. The number of hydrogen-bond acceptors (Lipinski definition) is 2. The Morgan fingerprint density at radius 2 is 1.34 bits per heavy atom. The summed E-state index contributed by atoms with van der Waals surface area (Å²) in [4.78, 5) is 9.09. The van der Waals surface area contributed by atoms with E-state index in [-0.39, 0.29) is 0 Å². The molecule has 12 saturated heterocycles. The number of fused-ring (bicyclic) bond motifs is 11. The van der Waals surface area contributed by atoms with Crippen molar-refractivity contribution in [2.75, 3.05) is 19.3 Å². The van der Waals surface area contributed by atoms with Gasteiger partial charge in [-0.1, -0.05) is 0 Å². The Labute approximate surface area is 240 Å². The molecule has 17 rings (SSSR count). The minimum absolute atomic E-state index is 0.424. The molecule has 16 aliphatic rings. The SMILES string of the molecule is PCC1([C]23[CH]4[C]5(c6ccccc6)[CH]6[C]2(C(P)(C2CCCN2)C2CCCN2)[Fe]64532789[CH]3[CH]2[CH]7[CH]8[CH]39)C2CC3CC(C2)CC1C3. The molecule has 1 aromatic rings. The summed E-state index contributed by atoms with van der Waals surface area (Å²) in [5.41, 5.74) is 2.65. The zero-order chi connectivity index (χ0) is 26.3. The molecule has 2 nitrogen and oxygen atoms in total. The van der Waals surface area contributed by atoms with Gasteiger partial charge < -0.3 is 0 Å². The summed E-state index contributed by atoms with van der Waals surface area (Å²) in [5.74, 6) is 4.37. The summed E-state index contributed by atoms with van der Waals surface area (Å²) in [5, 5.41) is 9.08. The van der Waals surface area contributed by atoms with Crippen LogP contribution in [0.25, 0.3) is 0 Å². The summed E-state index contributed by atoms with van der Waals surface area (Å²) in [6.07, 6.45) is 15.4. The van der Waals surface area contributed by atoms with Gasteiger partial charge in [0.05, 0.1) is 0 Å². The average molecular weight is 627 g/mol. The van der Waals surface area contributed by atoms with Crippen LogP contribution in [-0.2, 0) is 10.8 Å². The van der Waals surface area contributed by atoms with Gasteiger partial charge in [0, 0.05) is 0 Å². The maximum atomic E-state index is 4.33. The van der Waals surface area contributed by atoms with Crippen molar-refractivity contribution in [3.05, 3.63) is 35.9 Å². The van der Waals surface area contributed by atoms with Crippen molar-refractivity contribution in [2.45, 2.75) is 122 Å². The maximum absolute atomic E-state index is 4.33. The normalized spacial score (nSPS) is 84.3. The van der Waals surface area contributed by atoms with Gasteiger partial charge in [-0.15, -0.1) is 0 Å². The molecule has 9 unspecified atom stereocenters. The van der Waals surface area contributed by atoms with Gasteiger partial charge in [-0.3, -0.25) is 0 Å². The van der Waals surface area contributed by atoms with E-state index in [1.54, 1.807) is 32.1 Å². The van der Waals surface area contributed by atoms with Gasteiger partial charge in [0.15, 0.2) is 0 Å². The van der Waals surface area contributed by atoms with E-state index in [4.69, 9.17) is 0 Å². The van der Waals surface area contributed by atoms with Crippen LogP contribution in [0.1, 0.15) is 63.4 Å². The molecule has 1 aromatic carbocycles. The fraction of sp³-hybridized carbons (Fsp3) is 0.833. The average Bonchev–Trinajstić information content (AvgIpc) is 3.79. The molecule has 4 saturated carbocycles. The zero-order valence-corrected chi connectivity index (χ0v) is 27.8. The van der Waals surface area contributed by atoms with Crippen LogP contribution in [0.15, 0.2) is 30.3 Å². The Kier molecular flexibility index (Phi) is 1.77. The van der Waals surface area contributed by atoms with Gasteiger partial charge in [-0.25, -0.2) is 0 Å². The van der Waals surface area contributed by atoms with E-state index in [1.165, 1.54) is 78.6 Å². The van der Waals surface area contributed by atoms with Gasteiger partial charge in [0.25, 0.3) is 0 Å². The third-order valence-corrected chi connectivity index (χ3v) is 71.5. The number of nitrogens with one attached hydrogen (secondary N) is 2. The summed E-state index contributed by atoms with van der Waals surface area (Å²) in [6, 6.07) is 14.2. The summed E-state index contributed by atoms with van der Waals surface area (Å²) < 4.78 is 2.40. The first-order valence-corrected chi connectivity index (χ1v) is 25.6. The van der Waals surface area contributed by atoms with E-state index >= 15 is 0 Å². The van der Waals surface area contributed by atoms with Crippen LogP contribution < -0.4 is 10.6 Å². The number of rotatable bonds is 6. The van der Waals surface area contributed by atoms with Crippen LogP contribution in [-0.4, -0.2) is 36.5 Å². The monoisotopic (exact) mass is 626 g/mol. The first kappa shape index (κ1) is 21.3. The van der Waals surface area contributed by atoms with Crippen molar-refractivity contribution in [1.29, 1.82) is 0 Å². The van der Waals surface area contributed by atoms with Crippen LogP contribution in [0, 0.1) is 29.1 Å². The first-order chi connectivity index (χ1) is 19.9. The van der Waals surface area contributed by atoms with Crippen LogP contribution in [0.3, 0.4) is 0 Å². The second-order valence-corrected chi connectivity index (χ2v) is 45.2. The van der Waals surface area contributed by atoms with Crippen LogP contribution >= 0.6 is 18.5 Å². The Bertz CT molecular complexity index is 1920. The molecule has 1 spiro atoms. The van der Waals surface area contributed by atoms with Gasteiger partial charge >= 0.3 is 242 Å². The summed E-state index contributed by atoms with van der Waals surface area (Å²) in [7, 11) is 7.57. The molecule has 41 heavy (non-hydrogen) atoms. The van der Waals surface area contributed by atoms with Gasteiger partial charge in [-0.05, 0) is 0 Å². The Hall–Kier alpha value is 0.519. The van der Waals surface area contributed by atoms with Gasteiger partial charge in [0.1, 0.15) is 0 Å². The second kappa shape index (κ2) is 3.40. The standard InChI is InChI=1S/C31H43N2P2.C5H5.Fe/c34-19-30(24-13-20-12-21(15-24)16-25(30)14-20)26-17-23(22-6-2-1-3-7-22)18-27(26)31(35,28-8-4-10-32-28)29-9-5-11-33-29;1-2-4-5-3-1;/h1-3,6-7,17-18,20-21,24-25,28-29,32-33H,4-5,8-16,19,34-35H2;1-5H;. The number of hydrogen-bond donors (Lipinski definition) is 2. The molecule has 0 aromatic heterocycles. The van der Waals surface area contributed by atoms with Crippen LogP contribution in [0.4, 0.5) is 0 Å². The third-order valence-electron chi connectivity index (χ3n) is 25.7. The molecule has 12 heterocycles. The quantitative estimate of drug-likeness (QED) is 0.250. The Balaban J connectivity index is 1.10. The van der Waals surface area contributed by atoms with E-state index in [1.807, 2.05) is 5.56 Å². The minimum atomic E-state index is -4.20. The van der Waals surface area contributed by atoms with Gasteiger partial charge in [-0.2, -0.15) is 0 Å².